The minimum absolute atomic E-state index is 0.0457. The van der Waals surface area contributed by atoms with Crippen LogP contribution in [0.15, 0.2) is 12.1 Å². The molecule has 2 rings (SSSR count). The van der Waals surface area contributed by atoms with Crippen LogP contribution in [0, 0.1) is 16.0 Å². The zero-order valence-electron chi connectivity index (χ0n) is 9.75. The fourth-order valence-corrected chi connectivity index (χ4v) is 2.39. The number of hydrogen-bond donors (Lipinski definition) is 1. The third kappa shape index (κ3) is 2.88. The molecule has 6 nitrogen and oxygen atoms in total. The van der Waals surface area contributed by atoms with Crippen molar-refractivity contribution < 1.29 is 10.0 Å². The summed E-state index contributed by atoms with van der Waals surface area (Å²) in [6.45, 7) is 1.71. The van der Waals surface area contributed by atoms with Crippen LogP contribution in [0.3, 0.4) is 0 Å². The first-order valence-electron chi connectivity index (χ1n) is 5.78. The SMILES string of the molecule is O=[N+]([O-])c1cc(Cl)nc(N2CCC(CCO)C2)c1. The van der Waals surface area contributed by atoms with Crippen molar-refractivity contribution in [2.75, 3.05) is 24.6 Å². The van der Waals surface area contributed by atoms with Gasteiger partial charge in [-0.3, -0.25) is 10.1 Å². The molecule has 1 atom stereocenters. The van der Waals surface area contributed by atoms with Gasteiger partial charge in [0, 0.05) is 19.7 Å². The predicted octanol–water partition coefficient (Wildman–Crippen LogP) is 1.85. The van der Waals surface area contributed by atoms with Crippen molar-refractivity contribution in [3.05, 3.63) is 27.4 Å². The lowest BCUT2D eigenvalue weighted by atomic mass is 10.1. The van der Waals surface area contributed by atoms with Gasteiger partial charge in [-0.05, 0) is 18.8 Å². The second kappa shape index (κ2) is 5.49. The standard InChI is InChI=1S/C11H14ClN3O3/c12-10-5-9(15(17)18)6-11(13-10)14-3-1-8(7-14)2-4-16/h5-6,8,16H,1-4,7H2. The Morgan fingerprint density at radius 1 is 1.61 bits per heavy atom. The van der Waals surface area contributed by atoms with Crippen LogP contribution in [0.1, 0.15) is 12.8 Å². The number of pyridine rings is 1. The number of rotatable bonds is 4. The fourth-order valence-electron chi connectivity index (χ4n) is 2.20. The molecule has 0 aromatic carbocycles. The zero-order valence-corrected chi connectivity index (χ0v) is 10.5. The van der Waals surface area contributed by atoms with Crippen molar-refractivity contribution in [2.45, 2.75) is 12.8 Å². The summed E-state index contributed by atoms with van der Waals surface area (Å²) < 4.78 is 0. The summed E-state index contributed by atoms with van der Waals surface area (Å²) in [4.78, 5) is 16.4. The molecule has 18 heavy (non-hydrogen) atoms. The van der Waals surface area contributed by atoms with Crippen molar-refractivity contribution in [3.8, 4) is 0 Å². The lowest BCUT2D eigenvalue weighted by Crippen LogP contribution is -2.21. The summed E-state index contributed by atoms with van der Waals surface area (Å²) >= 11 is 5.79. The highest BCUT2D eigenvalue weighted by atomic mass is 35.5. The molecule has 1 fully saturated rings. The molecule has 0 bridgehead atoms. The van der Waals surface area contributed by atoms with Gasteiger partial charge in [0.15, 0.2) is 0 Å². The molecule has 1 saturated heterocycles. The highest BCUT2D eigenvalue weighted by molar-refractivity contribution is 6.29. The molecule has 1 aromatic heterocycles. The highest BCUT2D eigenvalue weighted by Crippen LogP contribution is 2.28. The maximum Gasteiger partial charge on any atom is 0.276 e. The Kier molecular flexibility index (Phi) is 3.98. The van der Waals surface area contributed by atoms with E-state index in [9.17, 15) is 10.1 Å². The summed E-state index contributed by atoms with van der Waals surface area (Å²) in [7, 11) is 0. The molecule has 98 valence electrons. The van der Waals surface area contributed by atoms with Gasteiger partial charge in [0.25, 0.3) is 5.69 Å². The number of aromatic nitrogens is 1. The molecule has 1 N–H and O–H groups in total. The number of halogens is 1. The molecule has 2 heterocycles. The van der Waals surface area contributed by atoms with Crippen molar-refractivity contribution in [1.29, 1.82) is 0 Å². The van der Waals surface area contributed by atoms with E-state index in [0.29, 0.717) is 11.7 Å². The fraction of sp³-hybridized carbons (Fsp3) is 0.545. The summed E-state index contributed by atoms with van der Waals surface area (Å²) in [6, 6.07) is 2.68. The van der Waals surface area contributed by atoms with Crippen LogP contribution < -0.4 is 4.90 Å². The van der Waals surface area contributed by atoms with Gasteiger partial charge in [0.05, 0.1) is 17.1 Å². The second-order valence-corrected chi connectivity index (χ2v) is 4.76. The van der Waals surface area contributed by atoms with Crippen LogP contribution in [0.5, 0.6) is 0 Å². The lowest BCUT2D eigenvalue weighted by Gasteiger charge is -2.17. The van der Waals surface area contributed by atoms with E-state index in [0.717, 1.165) is 25.9 Å². The van der Waals surface area contributed by atoms with E-state index in [-0.39, 0.29) is 17.4 Å². The van der Waals surface area contributed by atoms with Crippen LogP contribution in [0.25, 0.3) is 0 Å². The third-order valence-electron chi connectivity index (χ3n) is 3.12. The van der Waals surface area contributed by atoms with Gasteiger partial charge in [0.1, 0.15) is 11.0 Å². The summed E-state index contributed by atoms with van der Waals surface area (Å²) in [5.74, 6) is 0.949. The summed E-state index contributed by atoms with van der Waals surface area (Å²) in [5, 5.41) is 19.8. The van der Waals surface area contributed by atoms with E-state index >= 15 is 0 Å². The monoisotopic (exact) mass is 271 g/mol. The van der Waals surface area contributed by atoms with Crippen molar-refractivity contribution in [1.82, 2.24) is 4.98 Å². The highest BCUT2D eigenvalue weighted by Gasteiger charge is 2.24. The Morgan fingerprint density at radius 3 is 3.06 bits per heavy atom. The first-order chi connectivity index (χ1) is 8.60. The van der Waals surface area contributed by atoms with Gasteiger partial charge >= 0.3 is 0 Å². The molecule has 1 unspecified atom stereocenters. The van der Waals surface area contributed by atoms with Crippen LogP contribution in [0.4, 0.5) is 11.5 Å². The molecule has 0 amide bonds. The van der Waals surface area contributed by atoms with Crippen molar-refractivity contribution in [2.24, 2.45) is 5.92 Å². The van der Waals surface area contributed by atoms with Crippen molar-refractivity contribution in [3.63, 3.8) is 0 Å². The predicted molar refractivity (Wildman–Crippen MR) is 67.9 cm³/mol. The Bertz CT molecular complexity index is 455. The van der Waals surface area contributed by atoms with Gasteiger partial charge in [-0.2, -0.15) is 0 Å². The zero-order chi connectivity index (χ0) is 13.1. The van der Waals surface area contributed by atoms with E-state index in [1.165, 1.54) is 12.1 Å². The van der Waals surface area contributed by atoms with Crippen LogP contribution in [0.2, 0.25) is 5.15 Å². The van der Waals surface area contributed by atoms with Crippen molar-refractivity contribution >= 4 is 23.1 Å². The minimum Gasteiger partial charge on any atom is -0.396 e. The summed E-state index contributed by atoms with van der Waals surface area (Å²) in [6.07, 6.45) is 1.71. The molecule has 0 radical (unpaired) electrons. The third-order valence-corrected chi connectivity index (χ3v) is 3.32. The topological polar surface area (TPSA) is 79.5 Å². The van der Waals surface area contributed by atoms with Crippen LogP contribution >= 0.6 is 11.6 Å². The van der Waals surface area contributed by atoms with Gasteiger partial charge < -0.3 is 10.0 Å². The molecule has 1 aliphatic heterocycles. The number of hydrogen-bond acceptors (Lipinski definition) is 5. The number of aliphatic hydroxyl groups excluding tert-OH is 1. The smallest absolute Gasteiger partial charge is 0.276 e. The Labute approximate surface area is 109 Å². The first kappa shape index (κ1) is 13.0. The molecular formula is C11H14ClN3O3. The maximum absolute atomic E-state index is 10.8. The van der Waals surface area contributed by atoms with E-state index in [1.807, 2.05) is 4.90 Å². The molecular weight excluding hydrogens is 258 g/mol. The van der Waals surface area contributed by atoms with Crippen LogP contribution in [-0.2, 0) is 0 Å². The van der Waals surface area contributed by atoms with Crippen LogP contribution in [-0.4, -0.2) is 34.7 Å². The number of anilines is 1. The second-order valence-electron chi connectivity index (χ2n) is 4.38. The van der Waals surface area contributed by atoms with Gasteiger partial charge in [-0.15, -0.1) is 0 Å². The van der Waals surface area contributed by atoms with Gasteiger partial charge in [0.2, 0.25) is 0 Å². The molecule has 1 aromatic rings. The lowest BCUT2D eigenvalue weighted by molar-refractivity contribution is -0.384. The summed E-state index contributed by atoms with van der Waals surface area (Å²) in [5.41, 5.74) is -0.0457. The number of aliphatic hydroxyl groups is 1. The average Bonchev–Trinajstić information content (AvgIpc) is 2.77. The maximum atomic E-state index is 10.8. The average molecular weight is 272 g/mol. The Hall–Kier alpha value is -1.40. The molecule has 7 heteroatoms. The van der Waals surface area contributed by atoms with Gasteiger partial charge in [-0.1, -0.05) is 11.6 Å². The van der Waals surface area contributed by atoms with E-state index in [4.69, 9.17) is 16.7 Å². The van der Waals surface area contributed by atoms with E-state index < -0.39 is 4.92 Å². The quantitative estimate of drug-likeness (QED) is 0.514. The Balaban J connectivity index is 2.16. The van der Waals surface area contributed by atoms with E-state index in [2.05, 4.69) is 4.98 Å². The normalized spacial score (nSPS) is 19.2. The molecule has 1 aliphatic rings. The Morgan fingerprint density at radius 2 is 2.39 bits per heavy atom. The van der Waals surface area contributed by atoms with Gasteiger partial charge in [-0.25, -0.2) is 4.98 Å². The van der Waals surface area contributed by atoms with E-state index in [1.54, 1.807) is 0 Å². The molecule has 0 spiro atoms. The largest absolute Gasteiger partial charge is 0.396 e. The molecule has 0 saturated carbocycles. The minimum atomic E-state index is -0.474. The molecule has 0 aliphatic carbocycles. The number of nitro groups is 1. The first-order valence-corrected chi connectivity index (χ1v) is 6.15. The number of nitrogens with zero attached hydrogens (tertiary/aromatic N) is 3.